The highest BCUT2D eigenvalue weighted by molar-refractivity contribution is 5.93. The van der Waals surface area contributed by atoms with Gasteiger partial charge in [-0.25, -0.2) is 0 Å². The van der Waals surface area contributed by atoms with Crippen molar-refractivity contribution in [3.63, 3.8) is 0 Å². The lowest BCUT2D eigenvalue weighted by atomic mass is 10.1. The van der Waals surface area contributed by atoms with Gasteiger partial charge in [-0.15, -0.1) is 0 Å². The van der Waals surface area contributed by atoms with Gasteiger partial charge < -0.3 is 10.0 Å². The molecule has 0 fully saturated rings. The molecule has 0 spiro atoms. The van der Waals surface area contributed by atoms with E-state index < -0.39 is 6.10 Å². The lowest BCUT2D eigenvalue weighted by Gasteiger charge is -2.21. The van der Waals surface area contributed by atoms with Crippen LogP contribution in [0.1, 0.15) is 32.3 Å². The molecular weight excluding hydrogens is 214 g/mol. The molecule has 0 aliphatic rings. The molecule has 0 aromatic heterocycles. The number of aryl methyl sites for hydroxylation is 1. The summed E-state index contributed by atoms with van der Waals surface area (Å²) >= 11 is 0. The molecule has 3 nitrogen and oxygen atoms in total. The van der Waals surface area contributed by atoms with Crippen molar-refractivity contribution in [2.75, 3.05) is 11.4 Å². The minimum absolute atomic E-state index is 0.0669. The normalized spacial score (nSPS) is 12.2. The monoisotopic (exact) mass is 235 g/mol. The van der Waals surface area contributed by atoms with Gasteiger partial charge in [0, 0.05) is 18.7 Å². The first-order valence-corrected chi connectivity index (χ1v) is 6.09. The summed E-state index contributed by atoms with van der Waals surface area (Å²) in [7, 11) is 0. The second-order valence-corrected chi connectivity index (χ2v) is 4.36. The summed E-state index contributed by atoms with van der Waals surface area (Å²) in [4.78, 5) is 13.7. The third-order valence-electron chi connectivity index (χ3n) is 2.74. The predicted octanol–water partition coefficient (Wildman–Crippen LogP) is 2.51. The van der Waals surface area contributed by atoms with Gasteiger partial charge in [0.15, 0.2) is 0 Å². The number of nitrogens with zero attached hydrogens (tertiary/aromatic N) is 1. The Morgan fingerprint density at radius 3 is 2.41 bits per heavy atom. The zero-order valence-electron chi connectivity index (χ0n) is 10.8. The zero-order chi connectivity index (χ0) is 12.8. The fraction of sp³-hybridized carbons (Fsp3) is 0.500. The highest BCUT2D eigenvalue weighted by Gasteiger charge is 2.14. The average Bonchev–Trinajstić information content (AvgIpc) is 2.30. The van der Waals surface area contributed by atoms with E-state index in [9.17, 15) is 9.90 Å². The van der Waals surface area contributed by atoms with Crippen molar-refractivity contribution in [3.8, 4) is 0 Å². The van der Waals surface area contributed by atoms with Crippen LogP contribution in [0.4, 0.5) is 5.69 Å². The maximum atomic E-state index is 12.0. The molecule has 1 N–H and O–H groups in total. The minimum atomic E-state index is -0.421. The lowest BCUT2D eigenvalue weighted by molar-refractivity contribution is -0.119. The topological polar surface area (TPSA) is 40.5 Å². The number of hydrogen-bond acceptors (Lipinski definition) is 2. The van der Waals surface area contributed by atoms with Gasteiger partial charge in [-0.05, 0) is 39.3 Å². The lowest BCUT2D eigenvalue weighted by Crippen LogP contribution is -2.30. The molecule has 1 rings (SSSR count). The van der Waals surface area contributed by atoms with Crippen LogP contribution in [0.3, 0.4) is 0 Å². The van der Waals surface area contributed by atoms with E-state index in [4.69, 9.17) is 0 Å². The van der Waals surface area contributed by atoms with E-state index in [0.29, 0.717) is 19.4 Å². The molecule has 1 aromatic rings. The fourth-order valence-corrected chi connectivity index (χ4v) is 1.69. The molecule has 1 atom stereocenters. The number of rotatable bonds is 5. The van der Waals surface area contributed by atoms with Crippen LogP contribution in [0.15, 0.2) is 24.3 Å². The van der Waals surface area contributed by atoms with E-state index in [1.807, 2.05) is 38.1 Å². The molecule has 0 aliphatic carbocycles. The third kappa shape index (κ3) is 4.19. The Morgan fingerprint density at radius 1 is 1.35 bits per heavy atom. The summed E-state index contributed by atoms with van der Waals surface area (Å²) in [5.41, 5.74) is 2.11. The number of carbonyl (C=O) groups is 1. The van der Waals surface area contributed by atoms with Gasteiger partial charge in [0.2, 0.25) is 5.91 Å². The first-order valence-electron chi connectivity index (χ1n) is 6.09. The van der Waals surface area contributed by atoms with Crippen LogP contribution in [0.2, 0.25) is 0 Å². The summed E-state index contributed by atoms with van der Waals surface area (Å²) < 4.78 is 0. The van der Waals surface area contributed by atoms with Crippen LogP contribution in [-0.4, -0.2) is 23.7 Å². The highest BCUT2D eigenvalue weighted by Crippen LogP contribution is 2.16. The Bertz CT molecular complexity index is 357. The first-order chi connectivity index (χ1) is 8.04. The van der Waals surface area contributed by atoms with Crippen molar-refractivity contribution in [1.82, 2.24) is 0 Å². The zero-order valence-corrected chi connectivity index (χ0v) is 10.8. The number of hydrogen-bond donors (Lipinski definition) is 1. The molecule has 1 aromatic carbocycles. The van der Waals surface area contributed by atoms with Crippen molar-refractivity contribution in [1.29, 1.82) is 0 Å². The van der Waals surface area contributed by atoms with Crippen molar-refractivity contribution in [3.05, 3.63) is 29.8 Å². The van der Waals surface area contributed by atoms with Crippen LogP contribution >= 0.6 is 0 Å². The molecule has 0 heterocycles. The second kappa shape index (κ2) is 6.40. The summed E-state index contributed by atoms with van der Waals surface area (Å²) in [6, 6.07) is 7.91. The van der Waals surface area contributed by atoms with Crippen LogP contribution < -0.4 is 4.90 Å². The van der Waals surface area contributed by atoms with E-state index in [-0.39, 0.29) is 5.91 Å². The van der Waals surface area contributed by atoms with Crippen molar-refractivity contribution < 1.29 is 9.90 Å². The van der Waals surface area contributed by atoms with Crippen LogP contribution in [0.5, 0.6) is 0 Å². The van der Waals surface area contributed by atoms with E-state index in [2.05, 4.69) is 0 Å². The maximum Gasteiger partial charge on any atom is 0.227 e. The van der Waals surface area contributed by atoms with Crippen molar-refractivity contribution in [2.45, 2.75) is 39.7 Å². The Balaban J connectivity index is 2.70. The highest BCUT2D eigenvalue weighted by atomic mass is 16.3. The first kappa shape index (κ1) is 13.7. The smallest absolute Gasteiger partial charge is 0.227 e. The minimum Gasteiger partial charge on any atom is -0.393 e. The molecule has 1 unspecified atom stereocenters. The van der Waals surface area contributed by atoms with E-state index in [0.717, 1.165) is 5.69 Å². The van der Waals surface area contributed by atoms with Gasteiger partial charge in [0.05, 0.1) is 6.10 Å². The van der Waals surface area contributed by atoms with Crippen LogP contribution in [-0.2, 0) is 4.79 Å². The Morgan fingerprint density at radius 2 is 1.94 bits per heavy atom. The number of aliphatic hydroxyl groups is 1. The van der Waals surface area contributed by atoms with Crippen LogP contribution in [0, 0.1) is 6.92 Å². The molecular formula is C14H21NO2. The number of aliphatic hydroxyl groups excluding tert-OH is 1. The molecule has 1 amide bonds. The van der Waals surface area contributed by atoms with Crippen molar-refractivity contribution in [2.24, 2.45) is 0 Å². The Hall–Kier alpha value is -1.35. The van der Waals surface area contributed by atoms with Gasteiger partial charge in [-0.2, -0.15) is 0 Å². The van der Waals surface area contributed by atoms with E-state index >= 15 is 0 Å². The Kier molecular flexibility index (Phi) is 5.16. The SMILES string of the molecule is CCN(C(=O)CCC(C)O)c1ccc(C)cc1. The summed E-state index contributed by atoms with van der Waals surface area (Å²) in [5.74, 6) is 0.0669. The molecule has 0 bridgehead atoms. The molecule has 17 heavy (non-hydrogen) atoms. The van der Waals surface area contributed by atoms with Gasteiger partial charge in [-0.1, -0.05) is 17.7 Å². The summed E-state index contributed by atoms with van der Waals surface area (Å²) in [6.07, 6.45) is 0.483. The second-order valence-electron chi connectivity index (χ2n) is 4.36. The average molecular weight is 235 g/mol. The van der Waals surface area contributed by atoms with Gasteiger partial charge in [0.1, 0.15) is 0 Å². The largest absolute Gasteiger partial charge is 0.393 e. The van der Waals surface area contributed by atoms with E-state index in [1.54, 1.807) is 11.8 Å². The molecule has 0 aliphatic heterocycles. The summed E-state index contributed by atoms with van der Waals surface area (Å²) in [5, 5.41) is 9.19. The Labute approximate surface area is 103 Å². The number of amides is 1. The quantitative estimate of drug-likeness (QED) is 0.852. The van der Waals surface area contributed by atoms with Gasteiger partial charge >= 0.3 is 0 Å². The van der Waals surface area contributed by atoms with Gasteiger partial charge in [0.25, 0.3) is 0 Å². The van der Waals surface area contributed by atoms with Crippen molar-refractivity contribution >= 4 is 11.6 Å². The van der Waals surface area contributed by atoms with Gasteiger partial charge in [-0.3, -0.25) is 4.79 Å². The molecule has 0 saturated heterocycles. The number of anilines is 1. The van der Waals surface area contributed by atoms with Crippen LogP contribution in [0.25, 0.3) is 0 Å². The molecule has 3 heteroatoms. The molecule has 94 valence electrons. The summed E-state index contributed by atoms with van der Waals surface area (Å²) in [6.45, 7) is 6.34. The predicted molar refractivity (Wildman–Crippen MR) is 70.1 cm³/mol. The standard InChI is InChI=1S/C14H21NO2/c1-4-15(14(17)10-7-12(3)16)13-8-5-11(2)6-9-13/h5-6,8-9,12,16H,4,7,10H2,1-3H3. The fourth-order valence-electron chi connectivity index (χ4n) is 1.69. The third-order valence-corrected chi connectivity index (χ3v) is 2.74. The maximum absolute atomic E-state index is 12.0. The molecule has 0 saturated carbocycles. The molecule has 0 radical (unpaired) electrons. The number of benzene rings is 1. The van der Waals surface area contributed by atoms with E-state index in [1.165, 1.54) is 5.56 Å². The number of carbonyl (C=O) groups excluding carboxylic acids is 1.